The molecular weight excluding hydrogens is 464 g/mol. The average molecular weight is 495 g/mol. The third kappa shape index (κ3) is 5.36. The van der Waals surface area contributed by atoms with E-state index in [0.29, 0.717) is 28.4 Å². The van der Waals surface area contributed by atoms with Crippen LogP contribution in [-0.4, -0.2) is 34.0 Å². The number of rotatable bonds is 5. The minimum absolute atomic E-state index is 0.00744. The Morgan fingerprint density at radius 3 is 2.53 bits per heavy atom. The molecule has 0 bridgehead atoms. The zero-order chi connectivity index (χ0) is 23.5. The minimum Gasteiger partial charge on any atom is -0.349 e. The fraction of sp³-hybridized carbons (Fsp3) is 0.429. The molecule has 3 aliphatic rings. The monoisotopic (exact) mass is 494 g/mol. The predicted molar refractivity (Wildman–Crippen MR) is 140 cm³/mol. The maximum atomic E-state index is 13.6. The summed E-state index contributed by atoms with van der Waals surface area (Å²) in [5.41, 5.74) is 2.69. The number of fused-ring (bicyclic) bond motifs is 1. The number of amides is 2. The Balaban J connectivity index is 1.34. The van der Waals surface area contributed by atoms with Gasteiger partial charge in [-0.25, -0.2) is 0 Å². The van der Waals surface area contributed by atoms with Crippen LogP contribution in [0.5, 0.6) is 0 Å². The number of nitrogens with zero attached hydrogens (tertiary/aromatic N) is 1. The van der Waals surface area contributed by atoms with Gasteiger partial charge in [0.15, 0.2) is 0 Å². The lowest BCUT2D eigenvalue weighted by molar-refractivity contribution is -0.130. The van der Waals surface area contributed by atoms with Crippen molar-refractivity contribution in [3.05, 3.63) is 75.1 Å². The van der Waals surface area contributed by atoms with Gasteiger partial charge < -0.3 is 10.2 Å². The van der Waals surface area contributed by atoms with Crippen LogP contribution >= 0.6 is 23.4 Å². The minimum atomic E-state index is -0.00744. The lowest BCUT2D eigenvalue weighted by Gasteiger charge is -2.44. The highest BCUT2D eigenvalue weighted by Crippen LogP contribution is 2.42. The van der Waals surface area contributed by atoms with Gasteiger partial charge in [-0.1, -0.05) is 61.5 Å². The Morgan fingerprint density at radius 1 is 1.03 bits per heavy atom. The maximum Gasteiger partial charge on any atom is 0.260 e. The molecule has 2 amide bonds. The van der Waals surface area contributed by atoms with E-state index in [9.17, 15) is 9.59 Å². The molecule has 0 spiro atoms. The predicted octanol–water partition coefficient (Wildman–Crippen LogP) is 6.44. The first-order chi connectivity index (χ1) is 16.6. The Labute approximate surface area is 211 Å². The lowest BCUT2D eigenvalue weighted by atomic mass is 9.92. The van der Waals surface area contributed by atoms with E-state index in [0.717, 1.165) is 41.7 Å². The molecule has 34 heavy (non-hydrogen) atoms. The molecule has 5 rings (SSSR count). The van der Waals surface area contributed by atoms with Crippen LogP contribution in [0.2, 0.25) is 5.02 Å². The summed E-state index contributed by atoms with van der Waals surface area (Å²) in [6.45, 7) is 0.582. The van der Waals surface area contributed by atoms with Crippen molar-refractivity contribution < 1.29 is 9.59 Å². The van der Waals surface area contributed by atoms with Gasteiger partial charge in [0.25, 0.3) is 11.8 Å². The molecular formula is C28H31ClN2O2S. The van der Waals surface area contributed by atoms with Crippen molar-refractivity contribution in [2.24, 2.45) is 0 Å². The van der Waals surface area contributed by atoms with E-state index in [-0.39, 0.29) is 17.9 Å². The summed E-state index contributed by atoms with van der Waals surface area (Å²) in [6.07, 6.45) is 11.1. The first kappa shape index (κ1) is 23.5. The second-order valence-corrected chi connectivity index (χ2v) is 11.4. The summed E-state index contributed by atoms with van der Waals surface area (Å²) >= 11 is 7.94. The van der Waals surface area contributed by atoms with Gasteiger partial charge in [0, 0.05) is 34.5 Å². The van der Waals surface area contributed by atoms with Crippen LogP contribution in [0.25, 0.3) is 6.08 Å². The first-order valence-corrected chi connectivity index (χ1v) is 13.7. The second-order valence-electron chi connectivity index (χ2n) is 9.66. The van der Waals surface area contributed by atoms with Crippen LogP contribution in [0.3, 0.4) is 0 Å². The van der Waals surface area contributed by atoms with Gasteiger partial charge in [-0.2, -0.15) is 0 Å². The van der Waals surface area contributed by atoms with Crippen LogP contribution in [0, 0.1) is 0 Å². The number of carbonyl (C=O) groups excluding carboxylic acids is 2. The van der Waals surface area contributed by atoms with Crippen molar-refractivity contribution in [1.29, 1.82) is 0 Å². The molecule has 2 unspecified atom stereocenters. The topological polar surface area (TPSA) is 49.4 Å². The molecule has 2 saturated carbocycles. The van der Waals surface area contributed by atoms with E-state index >= 15 is 0 Å². The summed E-state index contributed by atoms with van der Waals surface area (Å²) in [5, 5.41) is 4.26. The molecule has 2 aromatic carbocycles. The molecule has 1 N–H and O–H groups in total. The van der Waals surface area contributed by atoms with Gasteiger partial charge in [-0.3, -0.25) is 9.59 Å². The summed E-state index contributed by atoms with van der Waals surface area (Å²) in [6, 6.07) is 16.0. The molecule has 3 fully saturated rings. The number of hydrogen-bond donors (Lipinski definition) is 1. The SMILES string of the molecule is O=C(NC1CCCC1)c1ccc(/C=C2/SC3CCCCC3N(Cc3cccc(Cl)c3)C2=O)cc1. The number of hydrogen-bond acceptors (Lipinski definition) is 3. The Hall–Kier alpha value is -2.24. The van der Waals surface area contributed by atoms with Crippen molar-refractivity contribution in [1.82, 2.24) is 10.2 Å². The summed E-state index contributed by atoms with van der Waals surface area (Å²) in [4.78, 5) is 29.0. The van der Waals surface area contributed by atoms with E-state index in [2.05, 4.69) is 10.2 Å². The van der Waals surface area contributed by atoms with E-state index in [1.54, 1.807) is 11.8 Å². The molecule has 178 valence electrons. The quantitative estimate of drug-likeness (QED) is 0.486. The van der Waals surface area contributed by atoms with E-state index < -0.39 is 0 Å². The highest BCUT2D eigenvalue weighted by Gasteiger charge is 2.40. The van der Waals surface area contributed by atoms with E-state index in [1.165, 1.54) is 25.7 Å². The maximum absolute atomic E-state index is 13.6. The molecule has 2 aromatic rings. The van der Waals surface area contributed by atoms with Crippen LogP contribution in [0.1, 0.15) is 72.9 Å². The zero-order valence-corrected chi connectivity index (χ0v) is 20.9. The average Bonchev–Trinajstić information content (AvgIpc) is 3.35. The van der Waals surface area contributed by atoms with Crippen molar-refractivity contribution in [3.63, 3.8) is 0 Å². The van der Waals surface area contributed by atoms with Crippen LogP contribution in [-0.2, 0) is 11.3 Å². The smallest absolute Gasteiger partial charge is 0.260 e. The van der Waals surface area contributed by atoms with Gasteiger partial charge in [0.1, 0.15) is 0 Å². The molecule has 0 radical (unpaired) electrons. The number of benzene rings is 2. The molecule has 2 aliphatic carbocycles. The number of halogens is 1. The number of carbonyl (C=O) groups is 2. The molecule has 4 nitrogen and oxygen atoms in total. The fourth-order valence-corrected chi connectivity index (χ4v) is 7.10. The van der Waals surface area contributed by atoms with Crippen LogP contribution < -0.4 is 5.32 Å². The molecule has 1 saturated heterocycles. The van der Waals surface area contributed by atoms with Crippen LogP contribution in [0.15, 0.2) is 53.4 Å². The fourth-order valence-electron chi connectivity index (χ4n) is 5.41. The third-order valence-corrected chi connectivity index (χ3v) is 8.86. The number of thioether (sulfide) groups is 1. The van der Waals surface area contributed by atoms with Crippen molar-refractivity contribution >= 4 is 41.3 Å². The molecule has 1 heterocycles. The molecule has 1 aliphatic heterocycles. The Kier molecular flexibility index (Phi) is 7.31. The molecule has 2 atom stereocenters. The van der Waals surface area contributed by atoms with Crippen molar-refractivity contribution in [2.75, 3.05) is 0 Å². The van der Waals surface area contributed by atoms with Crippen molar-refractivity contribution in [3.8, 4) is 0 Å². The zero-order valence-electron chi connectivity index (χ0n) is 19.3. The highest BCUT2D eigenvalue weighted by molar-refractivity contribution is 8.04. The standard InChI is InChI=1S/C28H31ClN2O2S/c29-22-7-5-6-20(16-22)18-31-24-10-3-4-11-25(24)34-26(28(31)33)17-19-12-14-21(15-13-19)27(32)30-23-8-1-2-9-23/h5-7,12-17,23-25H,1-4,8-11,18H2,(H,30,32)/b26-17+. The number of nitrogens with one attached hydrogen (secondary N) is 1. The summed E-state index contributed by atoms with van der Waals surface area (Å²) < 4.78 is 0. The van der Waals surface area contributed by atoms with Gasteiger partial charge in [0.05, 0.1) is 4.91 Å². The third-order valence-electron chi connectivity index (χ3n) is 7.22. The largest absolute Gasteiger partial charge is 0.349 e. The lowest BCUT2D eigenvalue weighted by Crippen LogP contribution is -2.50. The second kappa shape index (κ2) is 10.6. The molecule has 6 heteroatoms. The van der Waals surface area contributed by atoms with E-state index in [1.807, 2.05) is 54.6 Å². The van der Waals surface area contributed by atoms with E-state index in [4.69, 9.17) is 11.6 Å². The highest BCUT2D eigenvalue weighted by atomic mass is 35.5. The van der Waals surface area contributed by atoms with Gasteiger partial charge in [-0.05, 0) is 67.2 Å². The first-order valence-electron chi connectivity index (χ1n) is 12.4. The van der Waals surface area contributed by atoms with Crippen LogP contribution in [0.4, 0.5) is 0 Å². The van der Waals surface area contributed by atoms with Crippen molar-refractivity contribution in [2.45, 2.75) is 75.2 Å². The van der Waals surface area contributed by atoms with Gasteiger partial charge in [0.2, 0.25) is 0 Å². The Bertz CT molecular complexity index is 1080. The summed E-state index contributed by atoms with van der Waals surface area (Å²) in [5.74, 6) is 0.0862. The summed E-state index contributed by atoms with van der Waals surface area (Å²) in [7, 11) is 0. The van der Waals surface area contributed by atoms with Gasteiger partial charge >= 0.3 is 0 Å². The Morgan fingerprint density at radius 2 is 1.76 bits per heavy atom. The van der Waals surface area contributed by atoms with Gasteiger partial charge in [-0.15, -0.1) is 11.8 Å². The molecule has 0 aromatic heterocycles. The normalized spacial score (nSPS) is 24.3.